The highest BCUT2D eigenvalue weighted by atomic mass is 16.1. The molecule has 0 atom stereocenters. The van der Waals surface area contributed by atoms with Crippen LogP contribution in [0.25, 0.3) is 0 Å². The Labute approximate surface area is 120 Å². The van der Waals surface area contributed by atoms with E-state index in [2.05, 4.69) is 29.7 Å². The third-order valence-corrected chi connectivity index (χ3v) is 3.23. The van der Waals surface area contributed by atoms with Crippen molar-refractivity contribution in [2.75, 3.05) is 17.2 Å². The number of aryl methyl sites for hydroxylation is 2. The zero-order chi connectivity index (χ0) is 14.4. The van der Waals surface area contributed by atoms with Gasteiger partial charge in [-0.05, 0) is 42.7 Å². The molecule has 20 heavy (non-hydrogen) atoms. The van der Waals surface area contributed by atoms with Gasteiger partial charge in [0.1, 0.15) is 0 Å². The van der Waals surface area contributed by atoms with Gasteiger partial charge in [0.25, 0.3) is 0 Å². The Morgan fingerprint density at radius 1 is 1.05 bits per heavy atom. The highest BCUT2D eigenvalue weighted by molar-refractivity contribution is 5.94. The first-order valence-electron chi connectivity index (χ1n) is 6.87. The minimum atomic E-state index is -0.0427. The molecule has 0 heterocycles. The van der Waals surface area contributed by atoms with Gasteiger partial charge in [-0.15, -0.1) is 0 Å². The molecule has 0 fully saturated rings. The van der Waals surface area contributed by atoms with E-state index in [1.165, 1.54) is 5.56 Å². The summed E-state index contributed by atoms with van der Waals surface area (Å²) in [5.41, 5.74) is 4.18. The molecule has 0 aromatic heterocycles. The first-order valence-corrected chi connectivity index (χ1v) is 6.87. The Balaban J connectivity index is 1.87. The average molecular weight is 268 g/mol. The van der Waals surface area contributed by atoms with Crippen molar-refractivity contribution in [3.8, 4) is 0 Å². The standard InChI is InChI=1S/C17H20N2O/c1-3-14-8-10-15(11-9-14)18-12-17(20)19-16-7-5-4-6-13(16)2/h4-11,18H,3,12H2,1-2H3,(H,19,20). The third-order valence-electron chi connectivity index (χ3n) is 3.23. The van der Waals surface area contributed by atoms with Crippen LogP contribution in [0.2, 0.25) is 0 Å². The minimum Gasteiger partial charge on any atom is -0.376 e. The third kappa shape index (κ3) is 3.85. The van der Waals surface area contributed by atoms with E-state index in [0.29, 0.717) is 0 Å². The van der Waals surface area contributed by atoms with E-state index in [4.69, 9.17) is 0 Å². The van der Waals surface area contributed by atoms with E-state index in [1.807, 2.05) is 43.3 Å². The molecule has 0 saturated heterocycles. The summed E-state index contributed by atoms with van der Waals surface area (Å²) in [7, 11) is 0. The Kier molecular flexibility index (Phi) is 4.77. The molecular weight excluding hydrogens is 248 g/mol. The molecule has 0 spiro atoms. The summed E-state index contributed by atoms with van der Waals surface area (Å²) >= 11 is 0. The summed E-state index contributed by atoms with van der Waals surface area (Å²) in [6.45, 7) is 4.37. The molecule has 104 valence electrons. The normalized spacial score (nSPS) is 10.1. The fourth-order valence-corrected chi connectivity index (χ4v) is 1.95. The summed E-state index contributed by atoms with van der Waals surface area (Å²) in [5.74, 6) is -0.0427. The van der Waals surface area contributed by atoms with Crippen LogP contribution in [-0.4, -0.2) is 12.5 Å². The number of hydrogen-bond donors (Lipinski definition) is 2. The molecule has 0 aliphatic rings. The first kappa shape index (κ1) is 14.1. The topological polar surface area (TPSA) is 41.1 Å². The van der Waals surface area contributed by atoms with Crippen LogP contribution in [0.4, 0.5) is 11.4 Å². The van der Waals surface area contributed by atoms with E-state index >= 15 is 0 Å². The lowest BCUT2D eigenvalue weighted by Crippen LogP contribution is -2.22. The number of benzene rings is 2. The number of amides is 1. The molecular formula is C17H20N2O. The second-order valence-corrected chi connectivity index (χ2v) is 4.77. The molecule has 2 aromatic rings. The maximum Gasteiger partial charge on any atom is 0.243 e. The molecule has 0 aliphatic carbocycles. The SMILES string of the molecule is CCc1ccc(NCC(=O)Nc2ccccc2C)cc1. The quantitative estimate of drug-likeness (QED) is 0.869. The number of carbonyl (C=O) groups is 1. The van der Waals surface area contributed by atoms with Gasteiger partial charge in [0.05, 0.1) is 6.54 Å². The summed E-state index contributed by atoms with van der Waals surface area (Å²) in [6.07, 6.45) is 1.02. The predicted octanol–water partition coefficient (Wildman–Crippen LogP) is 3.61. The molecule has 0 saturated carbocycles. The van der Waals surface area contributed by atoms with Gasteiger partial charge in [-0.2, -0.15) is 0 Å². The highest BCUT2D eigenvalue weighted by Crippen LogP contribution is 2.13. The zero-order valence-corrected chi connectivity index (χ0v) is 11.9. The number of rotatable bonds is 5. The summed E-state index contributed by atoms with van der Waals surface area (Å²) in [6, 6.07) is 15.9. The molecule has 2 N–H and O–H groups in total. The van der Waals surface area contributed by atoms with Crippen LogP contribution in [0, 0.1) is 6.92 Å². The fourth-order valence-electron chi connectivity index (χ4n) is 1.95. The highest BCUT2D eigenvalue weighted by Gasteiger charge is 2.03. The Hall–Kier alpha value is -2.29. The molecule has 1 amide bonds. The predicted molar refractivity (Wildman–Crippen MR) is 84.1 cm³/mol. The van der Waals surface area contributed by atoms with Crippen LogP contribution in [-0.2, 0) is 11.2 Å². The van der Waals surface area contributed by atoms with Crippen LogP contribution in [0.15, 0.2) is 48.5 Å². The molecule has 0 aliphatic heterocycles. The van der Waals surface area contributed by atoms with Crippen molar-refractivity contribution in [2.45, 2.75) is 20.3 Å². The molecule has 2 rings (SSSR count). The minimum absolute atomic E-state index is 0.0427. The monoisotopic (exact) mass is 268 g/mol. The van der Waals surface area contributed by atoms with Crippen molar-refractivity contribution < 1.29 is 4.79 Å². The molecule has 0 unspecified atom stereocenters. The number of para-hydroxylation sites is 1. The zero-order valence-electron chi connectivity index (χ0n) is 11.9. The molecule has 3 heteroatoms. The average Bonchev–Trinajstić information content (AvgIpc) is 2.48. The van der Waals surface area contributed by atoms with Gasteiger partial charge in [0.15, 0.2) is 0 Å². The van der Waals surface area contributed by atoms with Crippen molar-refractivity contribution in [3.63, 3.8) is 0 Å². The van der Waals surface area contributed by atoms with Gasteiger partial charge in [0.2, 0.25) is 5.91 Å². The summed E-state index contributed by atoms with van der Waals surface area (Å²) < 4.78 is 0. The first-order chi connectivity index (χ1) is 9.69. The van der Waals surface area contributed by atoms with Crippen molar-refractivity contribution in [1.29, 1.82) is 0 Å². The van der Waals surface area contributed by atoms with Crippen molar-refractivity contribution in [1.82, 2.24) is 0 Å². The number of hydrogen-bond acceptors (Lipinski definition) is 2. The van der Waals surface area contributed by atoms with E-state index in [1.54, 1.807) is 0 Å². The van der Waals surface area contributed by atoms with Crippen molar-refractivity contribution in [2.24, 2.45) is 0 Å². The van der Waals surface area contributed by atoms with E-state index in [0.717, 1.165) is 23.4 Å². The van der Waals surface area contributed by atoms with E-state index in [9.17, 15) is 4.79 Å². The maximum atomic E-state index is 11.9. The van der Waals surface area contributed by atoms with Crippen LogP contribution < -0.4 is 10.6 Å². The van der Waals surface area contributed by atoms with Crippen molar-refractivity contribution >= 4 is 17.3 Å². The summed E-state index contributed by atoms with van der Waals surface area (Å²) in [4.78, 5) is 11.9. The van der Waals surface area contributed by atoms with Crippen LogP contribution >= 0.6 is 0 Å². The second kappa shape index (κ2) is 6.75. The van der Waals surface area contributed by atoms with Gasteiger partial charge >= 0.3 is 0 Å². The van der Waals surface area contributed by atoms with Crippen molar-refractivity contribution in [3.05, 3.63) is 59.7 Å². The lowest BCUT2D eigenvalue weighted by molar-refractivity contribution is -0.114. The van der Waals surface area contributed by atoms with Gasteiger partial charge in [-0.25, -0.2) is 0 Å². The number of carbonyl (C=O) groups excluding carboxylic acids is 1. The Morgan fingerprint density at radius 2 is 1.75 bits per heavy atom. The van der Waals surface area contributed by atoms with Crippen LogP contribution in [0.1, 0.15) is 18.1 Å². The fraction of sp³-hybridized carbons (Fsp3) is 0.235. The summed E-state index contributed by atoms with van der Waals surface area (Å²) in [5, 5.41) is 6.02. The number of nitrogens with one attached hydrogen (secondary N) is 2. The van der Waals surface area contributed by atoms with Crippen LogP contribution in [0.3, 0.4) is 0 Å². The van der Waals surface area contributed by atoms with E-state index in [-0.39, 0.29) is 12.5 Å². The van der Waals surface area contributed by atoms with Crippen LogP contribution in [0.5, 0.6) is 0 Å². The Morgan fingerprint density at radius 3 is 2.40 bits per heavy atom. The number of anilines is 2. The van der Waals surface area contributed by atoms with Gasteiger partial charge in [0, 0.05) is 11.4 Å². The van der Waals surface area contributed by atoms with Gasteiger partial charge in [-0.1, -0.05) is 37.3 Å². The second-order valence-electron chi connectivity index (χ2n) is 4.77. The van der Waals surface area contributed by atoms with Gasteiger partial charge in [-0.3, -0.25) is 4.79 Å². The molecule has 3 nitrogen and oxygen atoms in total. The largest absolute Gasteiger partial charge is 0.376 e. The lowest BCUT2D eigenvalue weighted by atomic mass is 10.1. The van der Waals surface area contributed by atoms with E-state index < -0.39 is 0 Å². The maximum absolute atomic E-state index is 11.9. The molecule has 0 radical (unpaired) electrons. The molecule has 0 bridgehead atoms. The smallest absolute Gasteiger partial charge is 0.243 e. The van der Waals surface area contributed by atoms with Gasteiger partial charge < -0.3 is 10.6 Å². The molecule has 2 aromatic carbocycles. The Bertz CT molecular complexity index is 576. The lowest BCUT2D eigenvalue weighted by Gasteiger charge is -2.10.